The number of ether oxygens (including phenoxy) is 1. The van der Waals surface area contributed by atoms with Crippen LogP contribution in [0.25, 0.3) is 0 Å². The topological polar surface area (TPSA) is 29.5 Å². The Bertz CT molecular complexity index is 494. The van der Waals surface area contributed by atoms with Crippen LogP contribution in [0.15, 0.2) is 54.6 Å². The molecule has 0 aliphatic rings. The van der Waals surface area contributed by atoms with Gasteiger partial charge in [0.05, 0.1) is 0 Å². The van der Waals surface area contributed by atoms with E-state index >= 15 is 0 Å². The van der Waals surface area contributed by atoms with Gasteiger partial charge >= 0.3 is 0 Å². The molecule has 1 N–H and O–H groups in total. The lowest BCUT2D eigenvalue weighted by atomic mass is 10.0. The summed E-state index contributed by atoms with van der Waals surface area (Å²) in [7, 11) is 0. The molecule has 0 radical (unpaired) electrons. The Kier molecular flexibility index (Phi) is 4.99. The van der Waals surface area contributed by atoms with Crippen LogP contribution in [-0.4, -0.2) is 11.7 Å². The second-order valence-corrected chi connectivity index (χ2v) is 4.91. The van der Waals surface area contributed by atoms with Gasteiger partial charge in [0, 0.05) is 6.61 Å². The predicted molar refractivity (Wildman–Crippen MR) is 77.2 cm³/mol. The average molecular weight is 256 g/mol. The Morgan fingerprint density at radius 2 is 1.74 bits per heavy atom. The van der Waals surface area contributed by atoms with Crippen LogP contribution in [0.4, 0.5) is 0 Å². The molecule has 0 aliphatic carbocycles. The van der Waals surface area contributed by atoms with Gasteiger partial charge in [0.15, 0.2) is 0 Å². The van der Waals surface area contributed by atoms with E-state index in [-0.39, 0.29) is 12.5 Å². The highest BCUT2D eigenvalue weighted by Gasteiger charge is 2.03. The van der Waals surface area contributed by atoms with Gasteiger partial charge in [-0.25, -0.2) is 0 Å². The third-order valence-electron chi connectivity index (χ3n) is 3.04. The number of aliphatic hydroxyl groups is 1. The second-order valence-electron chi connectivity index (χ2n) is 4.91. The van der Waals surface area contributed by atoms with E-state index in [1.807, 2.05) is 37.3 Å². The molecule has 0 aromatic heterocycles. The SMILES string of the molecule is C[C@H](CO)Cc1cccc(OCc2ccccc2)c1. The van der Waals surface area contributed by atoms with E-state index in [9.17, 15) is 0 Å². The first-order valence-corrected chi connectivity index (χ1v) is 6.64. The lowest BCUT2D eigenvalue weighted by Gasteiger charge is -2.10. The van der Waals surface area contributed by atoms with Gasteiger partial charge < -0.3 is 9.84 Å². The molecule has 0 unspecified atom stereocenters. The van der Waals surface area contributed by atoms with Crippen LogP contribution >= 0.6 is 0 Å². The molecule has 0 fully saturated rings. The van der Waals surface area contributed by atoms with Crippen LogP contribution in [0, 0.1) is 5.92 Å². The molecule has 0 saturated carbocycles. The van der Waals surface area contributed by atoms with Crippen molar-refractivity contribution < 1.29 is 9.84 Å². The van der Waals surface area contributed by atoms with Crippen LogP contribution in [0.3, 0.4) is 0 Å². The molecule has 0 heterocycles. The summed E-state index contributed by atoms with van der Waals surface area (Å²) in [5.41, 5.74) is 2.36. The zero-order valence-corrected chi connectivity index (χ0v) is 11.3. The van der Waals surface area contributed by atoms with E-state index < -0.39 is 0 Å². The molecule has 2 aromatic rings. The van der Waals surface area contributed by atoms with Crippen molar-refractivity contribution in [2.45, 2.75) is 20.0 Å². The third kappa shape index (κ3) is 4.42. The Balaban J connectivity index is 1.95. The largest absolute Gasteiger partial charge is 0.489 e. The van der Waals surface area contributed by atoms with Gasteiger partial charge in [-0.15, -0.1) is 0 Å². The van der Waals surface area contributed by atoms with Crippen LogP contribution in [-0.2, 0) is 13.0 Å². The van der Waals surface area contributed by atoms with E-state index in [1.165, 1.54) is 5.56 Å². The molecule has 19 heavy (non-hydrogen) atoms. The summed E-state index contributed by atoms with van der Waals surface area (Å²) in [6.45, 7) is 2.84. The third-order valence-corrected chi connectivity index (χ3v) is 3.04. The maximum atomic E-state index is 9.09. The van der Waals surface area contributed by atoms with Gasteiger partial charge in [-0.1, -0.05) is 49.4 Å². The standard InChI is InChI=1S/C17H20O2/c1-14(12-18)10-16-8-5-9-17(11-16)19-13-15-6-3-2-4-7-15/h2-9,11,14,18H,10,12-13H2,1H3/t14-/m0/s1. The fourth-order valence-corrected chi connectivity index (χ4v) is 1.97. The summed E-state index contributed by atoms with van der Waals surface area (Å²) in [6, 6.07) is 18.2. The second kappa shape index (κ2) is 6.95. The molecular formula is C17H20O2. The summed E-state index contributed by atoms with van der Waals surface area (Å²) in [5, 5.41) is 9.09. The maximum absolute atomic E-state index is 9.09. The van der Waals surface area contributed by atoms with Crippen molar-refractivity contribution in [3.8, 4) is 5.75 Å². The first-order valence-electron chi connectivity index (χ1n) is 6.64. The highest BCUT2D eigenvalue weighted by molar-refractivity contribution is 5.29. The van der Waals surface area contributed by atoms with Crippen molar-refractivity contribution in [1.82, 2.24) is 0 Å². The van der Waals surface area contributed by atoms with Gasteiger partial charge in [0.25, 0.3) is 0 Å². The molecular weight excluding hydrogens is 236 g/mol. The molecule has 0 aliphatic heterocycles. The molecule has 2 heteroatoms. The van der Waals surface area contributed by atoms with Gasteiger partial charge in [0.1, 0.15) is 12.4 Å². The van der Waals surface area contributed by atoms with Crippen LogP contribution in [0.1, 0.15) is 18.1 Å². The van der Waals surface area contributed by atoms with Crippen LogP contribution in [0.2, 0.25) is 0 Å². The zero-order valence-electron chi connectivity index (χ0n) is 11.3. The summed E-state index contributed by atoms with van der Waals surface area (Å²) in [5.74, 6) is 1.16. The zero-order chi connectivity index (χ0) is 13.5. The smallest absolute Gasteiger partial charge is 0.120 e. The van der Waals surface area contributed by atoms with Gasteiger partial charge in [0.2, 0.25) is 0 Å². The Morgan fingerprint density at radius 1 is 1.00 bits per heavy atom. The van der Waals surface area contributed by atoms with Crippen molar-refractivity contribution in [1.29, 1.82) is 0 Å². The first-order chi connectivity index (χ1) is 9.28. The minimum atomic E-state index is 0.217. The summed E-state index contributed by atoms with van der Waals surface area (Å²) in [6.07, 6.45) is 0.874. The molecule has 0 bridgehead atoms. The van der Waals surface area contributed by atoms with E-state index in [4.69, 9.17) is 9.84 Å². The Morgan fingerprint density at radius 3 is 2.47 bits per heavy atom. The average Bonchev–Trinajstić information content (AvgIpc) is 2.46. The van der Waals surface area contributed by atoms with E-state index in [1.54, 1.807) is 0 Å². The number of benzene rings is 2. The minimum absolute atomic E-state index is 0.217. The maximum Gasteiger partial charge on any atom is 0.120 e. The van der Waals surface area contributed by atoms with Crippen molar-refractivity contribution in [2.75, 3.05) is 6.61 Å². The highest BCUT2D eigenvalue weighted by atomic mass is 16.5. The normalized spacial score (nSPS) is 12.1. The van der Waals surface area contributed by atoms with Crippen molar-refractivity contribution in [3.05, 3.63) is 65.7 Å². The van der Waals surface area contributed by atoms with Gasteiger partial charge in [-0.2, -0.15) is 0 Å². The molecule has 2 nitrogen and oxygen atoms in total. The molecule has 0 amide bonds. The predicted octanol–water partition coefficient (Wildman–Crippen LogP) is 3.44. The van der Waals surface area contributed by atoms with E-state index in [0.717, 1.165) is 17.7 Å². The molecule has 2 aromatic carbocycles. The lowest BCUT2D eigenvalue weighted by molar-refractivity contribution is 0.237. The summed E-state index contributed by atoms with van der Waals surface area (Å²) >= 11 is 0. The summed E-state index contributed by atoms with van der Waals surface area (Å²) < 4.78 is 5.79. The first kappa shape index (κ1) is 13.6. The number of hydrogen-bond donors (Lipinski definition) is 1. The van der Waals surface area contributed by atoms with Crippen LogP contribution < -0.4 is 4.74 Å². The Hall–Kier alpha value is -1.80. The van der Waals surface area contributed by atoms with E-state index in [2.05, 4.69) is 24.3 Å². The number of hydrogen-bond acceptors (Lipinski definition) is 2. The highest BCUT2D eigenvalue weighted by Crippen LogP contribution is 2.17. The summed E-state index contributed by atoms with van der Waals surface area (Å²) in [4.78, 5) is 0. The molecule has 0 saturated heterocycles. The fourth-order valence-electron chi connectivity index (χ4n) is 1.97. The number of rotatable bonds is 6. The fraction of sp³-hybridized carbons (Fsp3) is 0.294. The molecule has 0 spiro atoms. The van der Waals surface area contributed by atoms with Gasteiger partial charge in [-0.3, -0.25) is 0 Å². The quantitative estimate of drug-likeness (QED) is 0.858. The number of aliphatic hydroxyl groups excluding tert-OH is 1. The molecule has 100 valence electrons. The van der Waals surface area contributed by atoms with Crippen molar-refractivity contribution >= 4 is 0 Å². The van der Waals surface area contributed by atoms with Crippen LogP contribution in [0.5, 0.6) is 5.75 Å². The minimum Gasteiger partial charge on any atom is -0.489 e. The monoisotopic (exact) mass is 256 g/mol. The van der Waals surface area contributed by atoms with Crippen molar-refractivity contribution in [3.63, 3.8) is 0 Å². The molecule has 1 atom stereocenters. The van der Waals surface area contributed by atoms with Gasteiger partial charge in [-0.05, 0) is 35.6 Å². The Labute approximate surface area is 114 Å². The lowest BCUT2D eigenvalue weighted by Crippen LogP contribution is -2.04. The van der Waals surface area contributed by atoms with Crippen molar-refractivity contribution in [2.24, 2.45) is 5.92 Å². The molecule has 2 rings (SSSR count). The van der Waals surface area contributed by atoms with E-state index in [0.29, 0.717) is 6.61 Å².